The van der Waals surface area contributed by atoms with Gasteiger partial charge in [0.1, 0.15) is 0 Å². The summed E-state index contributed by atoms with van der Waals surface area (Å²) in [5, 5.41) is 4.03. The molecule has 2 aromatic rings. The molecule has 0 saturated carbocycles. The molecule has 0 saturated heterocycles. The molecule has 1 heterocycles. The monoisotopic (exact) mass is 338 g/mol. The standard InChI is InChI=1S/C15H16Cl2N4O/c1-3-21(4-2)14(22)10-8-18-15(19-9-10)20-13-6-11(16)5-12(17)7-13/h5-9H,3-4H2,1-2H3,(H,18,19,20). The van der Waals surface area contributed by atoms with Gasteiger partial charge < -0.3 is 10.2 Å². The van der Waals surface area contributed by atoms with Gasteiger partial charge in [-0.3, -0.25) is 4.79 Å². The van der Waals surface area contributed by atoms with E-state index in [-0.39, 0.29) is 5.91 Å². The summed E-state index contributed by atoms with van der Waals surface area (Å²) in [6.45, 7) is 5.16. The Kier molecular flexibility index (Phi) is 5.57. The van der Waals surface area contributed by atoms with E-state index >= 15 is 0 Å². The van der Waals surface area contributed by atoms with Gasteiger partial charge in [0.25, 0.3) is 5.91 Å². The first kappa shape index (κ1) is 16.5. The first-order valence-electron chi connectivity index (χ1n) is 6.88. The third kappa shape index (κ3) is 4.08. The van der Waals surface area contributed by atoms with Crippen LogP contribution in [0.5, 0.6) is 0 Å². The Labute approximate surface area is 139 Å². The van der Waals surface area contributed by atoms with Gasteiger partial charge in [-0.2, -0.15) is 0 Å². The number of nitrogens with zero attached hydrogens (tertiary/aromatic N) is 3. The molecule has 0 fully saturated rings. The topological polar surface area (TPSA) is 58.1 Å². The molecule has 0 atom stereocenters. The van der Waals surface area contributed by atoms with Crippen LogP contribution in [-0.4, -0.2) is 33.9 Å². The van der Waals surface area contributed by atoms with Crippen LogP contribution < -0.4 is 5.32 Å². The molecule has 0 aliphatic heterocycles. The summed E-state index contributed by atoms with van der Waals surface area (Å²) in [4.78, 5) is 22.2. The molecule has 0 spiro atoms. The third-order valence-electron chi connectivity index (χ3n) is 3.07. The lowest BCUT2D eigenvalue weighted by Crippen LogP contribution is -2.30. The number of carbonyl (C=O) groups excluding carboxylic acids is 1. The van der Waals surface area contributed by atoms with E-state index in [0.29, 0.717) is 40.3 Å². The van der Waals surface area contributed by atoms with E-state index < -0.39 is 0 Å². The Morgan fingerprint density at radius 2 is 1.64 bits per heavy atom. The summed E-state index contributed by atoms with van der Waals surface area (Å²) in [6, 6.07) is 5.07. The molecule has 0 aliphatic carbocycles. The third-order valence-corrected chi connectivity index (χ3v) is 3.50. The van der Waals surface area contributed by atoms with E-state index in [4.69, 9.17) is 23.2 Å². The number of amides is 1. The summed E-state index contributed by atoms with van der Waals surface area (Å²) in [5.41, 5.74) is 1.14. The van der Waals surface area contributed by atoms with Gasteiger partial charge in [0, 0.05) is 41.2 Å². The van der Waals surface area contributed by atoms with Crippen molar-refractivity contribution in [1.29, 1.82) is 0 Å². The Morgan fingerprint density at radius 1 is 1.09 bits per heavy atom. The van der Waals surface area contributed by atoms with Crippen LogP contribution >= 0.6 is 23.2 Å². The van der Waals surface area contributed by atoms with Crippen LogP contribution in [-0.2, 0) is 0 Å². The Bertz CT molecular complexity index is 637. The molecule has 0 aliphatic rings. The van der Waals surface area contributed by atoms with Crippen LogP contribution in [0, 0.1) is 0 Å². The molecule has 1 amide bonds. The highest BCUT2D eigenvalue weighted by Crippen LogP contribution is 2.24. The van der Waals surface area contributed by atoms with E-state index in [1.54, 1.807) is 23.1 Å². The number of anilines is 2. The molecular weight excluding hydrogens is 323 g/mol. The van der Waals surface area contributed by atoms with Gasteiger partial charge >= 0.3 is 0 Å². The Balaban J connectivity index is 2.13. The molecule has 0 bridgehead atoms. The van der Waals surface area contributed by atoms with Crippen LogP contribution in [0.15, 0.2) is 30.6 Å². The van der Waals surface area contributed by atoms with E-state index in [1.807, 2.05) is 13.8 Å². The maximum atomic E-state index is 12.2. The highest BCUT2D eigenvalue weighted by Gasteiger charge is 2.13. The van der Waals surface area contributed by atoms with E-state index in [1.165, 1.54) is 12.4 Å². The van der Waals surface area contributed by atoms with Gasteiger partial charge in [0.15, 0.2) is 0 Å². The number of nitrogens with one attached hydrogen (secondary N) is 1. The summed E-state index contributed by atoms with van der Waals surface area (Å²) in [5.74, 6) is 0.289. The summed E-state index contributed by atoms with van der Waals surface area (Å²) in [7, 11) is 0. The Morgan fingerprint density at radius 3 is 2.14 bits per heavy atom. The highest BCUT2D eigenvalue weighted by atomic mass is 35.5. The maximum absolute atomic E-state index is 12.2. The normalized spacial score (nSPS) is 10.4. The van der Waals surface area contributed by atoms with Crippen LogP contribution in [0.2, 0.25) is 10.0 Å². The van der Waals surface area contributed by atoms with Crippen molar-refractivity contribution in [3.05, 3.63) is 46.2 Å². The maximum Gasteiger partial charge on any atom is 0.256 e. The summed E-state index contributed by atoms with van der Waals surface area (Å²) < 4.78 is 0. The predicted octanol–water partition coefficient (Wildman–Crippen LogP) is 4.01. The van der Waals surface area contributed by atoms with Crippen LogP contribution in [0.4, 0.5) is 11.6 Å². The van der Waals surface area contributed by atoms with E-state index in [2.05, 4.69) is 15.3 Å². The van der Waals surface area contributed by atoms with Crippen molar-refractivity contribution >= 4 is 40.7 Å². The average Bonchev–Trinajstić information content (AvgIpc) is 2.48. The van der Waals surface area contributed by atoms with Gasteiger partial charge in [-0.05, 0) is 32.0 Å². The van der Waals surface area contributed by atoms with E-state index in [0.717, 1.165) is 0 Å². The zero-order valence-electron chi connectivity index (χ0n) is 12.3. The molecular formula is C15H16Cl2N4O. The van der Waals surface area contributed by atoms with Gasteiger partial charge in [-0.1, -0.05) is 23.2 Å². The second-order valence-electron chi connectivity index (χ2n) is 4.56. The molecule has 1 aromatic heterocycles. The number of halogens is 2. The molecule has 116 valence electrons. The molecule has 2 rings (SSSR count). The van der Waals surface area contributed by atoms with Crippen LogP contribution in [0.3, 0.4) is 0 Å². The minimum absolute atomic E-state index is 0.0812. The zero-order valence-corrected chi connectivity index (χ0v) is 13.8. The summed E-state index contributed by atoms with van der Waals surface area (Å²) in [6.07, 6.45) is 3.00. The van der Waals surface area contributed by atoms with Crippen molar-refractivity contribution in [2.75, 3.05) is 18.4 Å². The molecule has 5 nitrogen and oxygen atoms in total. The van der Waals surface area contributed by atoms with Crippen molar-refractivity contribution in [2.24, 2.45) is 0 Å². The quantitative estimate of drug-likeness (QED) is 0.894. The number of hydrogen-bond donors (Lipinski definition) is 1. The lowest BCUT2D eigenvalue weighted by atomic mass is 10.3. The fourth-order valence-electron chi connectivity index (χ4n) is 1.95. The van der Waals surface area contributed by atoms with Crippen molar-refractivity contribution in [2.45, 2.75) is 13.8 Å². The van der Waals surface area contributed by atoms with Gasteiger partial charge in [-0.25, -0.2) is 9.97 Å². The molecule has 1 aromatic carbocycles. The SMILES string of the molecule is CCN(CC)C(=O)c1cnc(Nc2cc(Cl)cc(Cl)c2)nc1. The molecule has 22 heavy (non-hydrogen) atoms. The molecule has 0 radical (unpaired) electrons. The minimum Gasteiger partial charge on any atom is -0.339 e. The predicted molar refractivity (Wildman–Crippen MR) is 89.0 cm³/mol. The fourth-order valence-corrected chi connectivity index (χ4v) is 2.48. The fraction of sp³-hybridized carbons (Fsp3) is 0.267. The van der Waals surface area contributed by atoms with Crippen molar-refractivity contribution < 1.29 is 4.79 Å². The number of carbonyl (C=O) groups is 1. The second-order valence-corrected chi connectivity index (χ2v) is 5.43. The van der Waals surface area contributed by atoms with E-state index in [9.17, 15) is 4.79 Å². The minimum atomic E-state index is -0.0812. The first-order valence-corrected chi connectivity index (χ1v) is 7.63. The largest absolute Gasteiger partial charge is 0.339 e. The summed E-state index contributed by atoms with van der Waals surface area (Å²) >= 11 is 11.9. The van der Waals surface area contributed by atoms with Crippen LogP contribution in [0.25, 0.3) is 0 Å². The Hall–Kier alpha value is -1.85. The number of aromatic nitrogens is 2. The van der Waals surface area contributed by atoms with Gasteiger partial charge in [0.05, 0.1) is 5.56 Å². The lowest BCUT2D eigenvalue weighted by molar-refractivity contribution is 0.0772. The van der Waals surface area contributed by atoms with Gasteiger partial charge in [-0.15, -0.1) is 0 Å². The molecule has 7 heteroatoms. The van der Waals surface area contributed by atoms with Crippen molar-refractivity contribution in [3.63, 3.8) is 0 Å². The van der Waals surface area contributed by atoms with Crippen LogP contribution in [0.1, 0.15) is 24.2 Å². The zero-order chi connectivity index (χ0) is 16.1. The molecule has 1 N–H and O–H groups in total. The second kappa shape index (κ2) is 7.42. The number of hydrogen-bond acceptors (Lipinski definition) is 4. The van der Waals surface area contributed by atoms with Gasteiger partial charge in [0.2, 0.25) is 5.95 Å². The van der Waals surface area contributed by atoms with Crippen molar-refractivity contribution in [1.82, 2.24) is 14.9 Å². The number of benzene rings is 1. The number of rotatable bonds is 5. The first-order chi connectivity index (χ1) is 10.5. The highest BCUT2D eigenvalue weighted by molar-refractivity contribution is 6.35. The average molecular weight is 339 g/mol. The van der Waals surface area contributed by atoms with Crippen molar-refractivity contribution in [3.8, 4) is 0 Å². The lowest BCUT2D eigenvalue weighted by Gasteiger charge is -2.18. The smallest absolute Gasteiger partial charge is 0.256 e. The molecule has 0 unspecified atom stereocenters.